The highest BCUT2D eigenvalue weighted by atomic mass is 16.2. The monoisotopic (exact) mass is 180 g/mol. The Labute approximate surface area is 76.6 Å². The number of aromatic nitrogens is 2. The second-order valence-corrected chi connectivity index (χ2v) is 2.59. The van der Waals surface area contributed by atoms with Gasteiger partial charge in [-0.1, -0.05) is 0 Å². The Bertz CT molecular complexity index is 275. The second kappa shape index (κ2) is 4.39. The minimum atomic E-state index is -0.304. The van der Waals surface area contributed by atoms with E-state index in [2.05, 4.69) is 20.8 Å². The highest BCUT2D eigenvalue weighted by Gasteiger charge is 2.10. The van der Waals surface area contributed by atoms with Crippen LogP contribution in [0.25, 0.3) is 0 Å². The predicted octanol–water partition coefficient (Wildman–Crippen LogP) is 0.0230. The maximum atomic E-state index is 11.1. The van der Waals surface area contributed by atoms with E-state index in [1.54, 1.807) is 32.3 Å². The molecular formula is C8H12N4O. The molecular weight excluding hydrogens is 168 g/mol. The number of hydrogen-bond donors (Lipinski definition) is 2. The molecule has 1 amide bonds. The van der Waals surface area contributed by atoms with Gasteiger partial charge in [-0.25, -0.2) is 0 Å². The number of nitrogens with zero attached hydrogens (tertiary/aromatic N) is 2. The third-order valence-electron chi connectivity index (χ3n) is 1.58. The van der Waals surface area contributed by atoms with Crippen LogP contribution in [0.4, 0.5) is 5.82 Å². The number of carbonyl (C=O) groups is 1. The maximum absolute atomic E-state index is 11.1. The molecule has 1 aromatic rings. The van der Waals surface area contributed by atoms with Crippen molar-refractivity contribution in [2.75, 3.05) is 12.4 Å². The topological polar surface area (TPSA) is 66.9 Å². The lowest BCUT2D eigenvalue weighted by molar-refractivity contribution is -0.121. The molecule has 0 fully saturated rings. The minimum Gasteiger partial charge on any atom is -0.357 e. The second-order valence-electron chi connectivity index (χ2n) is 2.59. The molecule has 0 spiro atoms. The first-order chi connectivity index (χ1) is 6.24. The van der Waals surface area contributed by atoms with Gasteiger partial charge < -0.3 is 10.6 Å². The molecule has 5 heteroatoms. The number of hydrogen-bond acceptors (Lipinski definition) is 4. The van der Waals surface area contributed by atoms with Crippen LogP contribution < -0.4 is 10.6 Å². The summed E-state index contributed by atoms with van der Waals surface area (Å²) in [4.78, 5) is 11.1. The van der Waals surface area contributed by atoms with Gasteiger partial charge in [0.1, 0.15) is 11.9 Å². The lowest BCUT2D eigenvalue weighted by atomic mass is 10.3. The van der Waals surface area contributed by atoms with E-state index in [1.807, 2.05) is 0 Å². The van der Waals surface area contributed by atoms with Gasteiger partial charge in [0.25, 0.3) is 0 Å². The number of likely N-dealkylation sites (N-methyl/N-ethyl adjacent to an activating group) is 1. The number of amides is 1. The van der Waals surface area contributed by atoms with E-state index in [4.69, 9.17) is 0 Å². The smallest absolute Gasteiger partial charge is 0.241 e. The first kappa shape index (κ1) is 9.44. The van der Waals surface area contributed by atoms with Gasteiger partial charge in [-0.15, -0.1) is 5.10 Å². The minimum absolute atomic E-state index is 0.0781. The normalized spacial score (nSPS) is 11.8. The fourth-order valence-electron chi connectivity index (χ4n) is 0.882. The van der Waals surface area contributed by atoms with Gasteiger partial charge in [0, 0.05) is 13.2 Å². The number of anilines is 1. The summed E-state index contributed by atoms with van der Waals surface area (Å²) in [5.41, 5.74) is 0. The van der Waals surface area contributed by atoms with Crippen molar-refractivity contribution in [1.29, 1.82) is 0 Å². The Morgan fingerprint density at radius 2 is 2.38 bits per heavy atom. The van der Waals surface area contributed by atoms with Crippen molar-refractivity contribution >= 4 is 11.7 Å². The molecule has 0 aliphatic carbocycles. The average molecular weight is 180 g/mol. The Balaban J connectivity index is 2.55. The zero-order valence-electron chi connectivity index (χ0n) is 7.61. The average Bonchev–Trinajstić information content (AvgIpc) is 2.18. The fraction of sp³-hybridized carbons (Fsp3) is 0.375. The summed E-state index contributed by atoms with van der Waals surface area (Å²) in [6, 6.07) is 3.21. The molecule has 5 nitrogen and oxygen atoms in total. The highest BCUT2D eigenvalue weighted by Crippen LogP contribution is 2.00. The molecule has 0 saturated heterocycles. The summed E-state index contributed by atoms with van der Waals surface area (Å²) in [5.74, 6) is 0.518. The fourth-order valence-corrected chi connectivity index (χ4v) is 0.882. The molecule has 0 aliphatic heterocycles. The number of rotatable bonds is 3. The van der Waals surface area contributed by atoms with Crippen molar-refractivity contribution in [3.63, 3.8) is 0 Å². The summed E-state index contributed by atoms with van der Waals surface area (Å²) < 4.78 is 0. The van der Waals surface area contributed by atoms with E-state index in [9.17, 15) is 4.79 Å². The standard InChI is InChI=1S/C8H12N4O/c1-6(8(13)9-2)11-7-4-3-5-10-12-7/h3-6H,1-2H3,(H,9,13)(H,11,12)/t6-/m1/s1. The van der Waals surface area contributed by atoms with E-state index in [1.165, 1.54) is 0 Å². The zero-order valence-corrected chi connectivity index (χ0v) is 7.61. The summed E-state index contributed by atoms with van der Waals surface area (Å²) in [7, 11) is 1.59. The van der Waals surface area contributed by atoms with Crippen molar-refractivity contribution in [3.05, 3.63) is 18.3 Å². The first-order valence-corrected chi connectivity index (χ1v) is 4.00. The van der Waals surface area contributed by atoms with Gasteiger partial charge in [0.15, 0.2) is 0 Å². The molecule has 0 unspecified atom stereocenters. The van der Waals surface area contributed by atoms with Crippen LogP contribution in [0, 0.1) is 0 Å². The van der Waals surface area contributed by atoms with Crippen molar-refractivity contribution < 1.29 is 4.79 Å². The molecule has 0 aliphatic rings. The first-order valence-electron chi connectivity index (χ1n) is 4.00. The lowest BCUT2D eigenvalue weighted by Gasteiger charge is -2.11. The maximum Gasteiger partial charge on any atom is 0.241 e. The van der Waals surface area contributed by atoms with E-state index in [0.717, 1.165) is 0 Å². The zero-order chi connectivity index (χ0) is 9.68. The highest BCUT2D eigenvalue weighted by molar-refractivity contribution is 5.83. The largest absolute Gasteiger partial charge is 0.357 e. The third-order valence-corrected chi connectivity index (χ3v) is 1.58. The van der Waals surface area contributed by atoms with Crippen LogP contribution in [-0.2, 0) is 4.79 Å². The molecule has 1 rings (SSSR count). The third kappa shape index (κ3) is 2.70. The molecule has 1 heterocycles. The summed E-state index contributed by atoms with van der Waals surface area (Å²) >= 11 is 0. The van der Waals surface area contributed by atoms with Gasteiger partial charge in [0.05, 0.1) is 0 Å². The van der Waals surface area contributed by atoms with Crippen LogP contribution >= 0.6 is 0 Å². The summed E-state index contributed by atoms with van der Waals surface area (Å²) in [6.45, 7) is 1.76. The summed E-state index contributed by atoms with van der Waals surface area (Å²) in [6.07, 6.45) is 1.58. The van der Waals surface area contributed by atoms with Crippen LogP contribution in [0.15, 0.2) is 18.3 Å². The Hall–Kier alpha value is -1.65. The Morgan fingerprint density at radius 3 is 2.92 bits per heavy atom. The van der Waals surface area contributed by atoms with Gasteiger partial charge in [-0.2, -0.15) is 5.10 Å². The quantitative estimate of drug-likeness (QED) is 0.688. The molecule has 1 atom stereocenters. The number of nitrogens with one attached hydrogen (secondary N) is 2. The number of carbonyl (C=O) groups excluding carboxylic acids is 1. The molecule has 0 bridgehead atoms. The van der Waals surface area contributed by atoms with Gasteiger partial charge in [-0.05, 0) is 19.1 Å². The molecule has 1 aromatic heterocycles. The molecule has 2 N–H and O–H groups in total. The van der Waals surface area contributed by atoms with E-state index in [-0.39, 0.29) is 11.9 Å². The van der Waals surface area contributed by atoms with Crippen LogP contribution in [0.1, 0.15) is 6.92 Å². The van der Waals surface area contributed by atoms with Crippen molar-refractivity contribution in [2.24, 2.45) is 0 Å². The Morgan fingerprint density at radius 1 is 1.62 bits per heavy atom. The van der Waals surface area contributed by atoms with E-state index >= 15 is 0 Å². The van der Waals surface area contributed by atoms with Crippen LogP contribution in [0.2, 0.25) is 0 Å². The Kier molecular flexibility index (Phi) is 3.19. The molecule has 0 radical (unpaired) electrons. The van der Waals surface area contributed by atoms with Crippen LogP contribution in [0.5, 0.6) is 0 Å². The lowest BCUT2D eigenvalue weighted by Crippen LogP contribution is -2.35. The van der Waals surface area contributed by atoms with Crippen molar-refractivity contribution in [1.82, 2.24) is 15.5 Å². The van der Waals surface area contributed by atoms with Gasteiger partial charge in [-0.3, -0.25) is 4.79 Å². The van der Waals surface area contributed by atoms with Crippen molar-refractivity contribution in [2.45, 2.75) is 13.0 Å². The van der Waals surface area contributed by atoms with E-state index < -0.39 is 0 Å². The molecule has 70 valence electrons. The van der Waals surface area contributed by atoms with Crippen LogP contribution in [0.3, 0.4) is 0 Å². The van der Waals surface area contributed by atoms with Gasteiger partial charge in [0.2, 0.25) is 5.91 Å². The van der Waals surface area contributed by atoms with Crippen LogP contribution in [-0.4, -0.2) is 29.2 Å². The molecule has 13 heavy (non-hydrogen) atoms. The van der Waals surface area contributed by atoms with E-state index in [0.29, 0.717) is 5.82 Å². The molecule has 0 aromatic carbocycles. The SMILES string of the molecule is CNC(=O)[C@@H](C)Nc1cccnn1. The predicted molar refractivity (Wildman–Crippen MR) is 49.2 cm³/mol. The molecule has 0 saturated carbocycles. The van der Waals surface area contributed by atoms with Gasteiger partial charge >= 0.3 is 0 Å². The summed E-state index contributed by atoms with van der Waals surface area (Å²) in [5, 5.41) is 12.9. The van der Waals surface area contributed by atoms with Crippen molar-refractivity contribution in [3.8, 4) is 0 Å².